The number of nitrogens with zero attached hydrogens (tertiary/aromatic N) is 1. The fourth-order valence-electron chi connectivity index (χ4n) is 2.23. The van der Waals surface area contributed by atoms with Gasteiger partial charge in [-0.05, 0) is 29.7 Å². The molecule has 0 saturated carbocycles. The van der Waals surface area contributed by atoms with Crippen LogP contribution in [0.2, 0.25) is 0 Å². The first kappa shape index (κ1) is 9.66. The largest absolute Gasteiger partial charge is 0.449 e. The maximum absolute atomic E-state index is 11.6. The number of anilines is 1. The Balaban J connectivity index is 1.91. The van der Waals surface area contributed by atoms with Crippen LogP contribution in [0.4, 0.5) is 10.5 Å². The van der Waals surface area contributed by atoms with Crippen LogP contribution >= 0.6 is 0 Å². The third kappa shape index (κ3) is 1.55. The molecular weight excluding hydrogens is 204 g/mol. The van der Waals surface area contributed by atoms with Gasteiger partial charge in [0.2, 0.25) is 0 Å². The smallest absolute Gasteiger partial charge is 0.414 e. The highest BCUT2D eigenvalue weighted by molar-refractivity contribution is 5.88. The molecule has 2 aliphatic heterocycles. The normalized spacial score (nSPS) is 19.5. The lowest BCUT2D eigenvalue weighted by Gasteiger charge is -2.26. The lowest BCUT2D eigenvalue weighted by atomic mass is 10.1. The third-order valence-corrected chi connectivity index (χ3v) is 3.10. The summed E-state index contributed by atoms with van der Waals surface area (Å²) in [6.07, 6.45) is 0.679. The fourth-order valence-corrected chi connectivity index (χ4v) is 2.23. The molecule has 0 spiro atoms. The zero-order valence-corrected chi connectivity index (χ0v) is 9.03. The van der Waals surface area contributed by atoms with E-state index in [4.69, 9.17) is 4.74 Å². The van der Waals surface area contributed by atoms with E-state index in [0.29, 0.717) is 6.61 Å². The third-order valence-electron chi connectivity index (χ3n) is 3.10. The minimum Gasteiger partial charge on any atom is -0.449 e. The second kappa shape index (κ2) is 3.79. The maximum atomic E-state index is 11.6. The number of ether oxygens (including phenoxy) is 1. The van der Waals surface area contributed by atoms with Crippen LogP contribution in [0, 0.1) is 0 Å². The first-order chi connectivity index (χ1) is 7.84. The van der Waals surface area contributed by atoms with Crippen molar-refractivity contribution in [2.24, 2.45) is 0 Å². The summed E-state index contributed by atoms with van der Waals surface area (Å²) in [5.41, 5.74) is 3.57. The Kier molecular flexibility index (Phi) is 2.29. The molecule has 3 rings (SSSR count). The van der Waals surface area contributed by atoms with Gasteiger partial charge in [0.15, 0.2) is 0 Å². The van der Waals surface area contributed by atoms with Crippen molar-refractivity contribution < 1.29 is 9.53 Å². The number of cyclic esters (lactones) is 1. The predicted molar refractivity (Wildman–Crippen MR) is 60.3 cm³/mol. The van der Waals surface area contributed by atoms with Gasteiger partial charge in [-0.2, -0.15) is 0 Å². The predicted octanol–water partition coefficient (Wildman–Crippen LogP) is 1.64. The van der Waals surface area contributed by atoms with Crippen molar-refractivity contribution >= 4 is 11.8 Å². The first-order valence-electron chi connectivity index (χ1n) is 5.61. The molecule has 84 valence electrons. The minimum atomic E-state index is -0.225. The Morgan fingerprint density at radius 3 is 3.00 bits per heavy atom. The molecule has 16 heavy (non-hydrogen) atoms. The Hall–Kier alpha value is -1.55. The van der Waals surface area contributed by atoms with E-state index in [2.05, 4.69) is 17.4 Å². The Bertz CT molecular complexity index is 431. The van der Waals surface area contributed by atoms with Crippen molar-refractivity contribution in [3.05, 3.63) is 29.3 Å². The molecule has 0 aliphatic carbocycles. The van der Waals surface area contributed by atoms with Crippen LogP contribution in [-0.2, 0) is 17.8 Å². The number of carbonyl (C=O) groups is 1. The van der Waals surface area contributed by atoms with Crippen LogP contribution in [0.3, 0.4) is 0 Å². The van der Waals surface area contributed by atoms with Crippen molar-refractivity contribution in [1.82, 2.24) is 5.32 Å². The summed E-state index contributed by atoms with van der Waals surface area (Å²) >= 11 is 0. The SMILES string of the molecule is O=C1OCCCN1c1ccc2c(c1)CNC2. The quantitative estimate of drug-likeness (QED) is 0.779. The van der Waals surface area contributed by atoms with Gasteiger partial charge < -0.3 is 10.1 Å². The van der Waals surface area contributed by atoms with E-state index < -0.39 is 0 Å². The molecule has 0 aromatic heterocycles. The van der Waals surface area contributed by atoms with Gasteiger partial charge in [0, 0.05) is 25.3 Å². The summed E-state index contributed by atoms with van der Waals surface area (Å²) in [4.78, 5) is 13.3. The number of amides is 1. The molecule has 1 fully saturated rings. The lowest BCUT2D eigenvalue weighted by molar-refractivity contribution is 0.140. The number of hydrogen-bond acceptors (Lipinski definition) is 3. The number of rotatable bonds is 1. The fraction of sp³-hybridized carbons (Fsp3) is 0.417. The van der Waals surface area contributed by atoms with Crippen molar-refractivity contribution in [1.29, 1.82) is 0 Å². The minimum absolute atomic E-state index is 0.225. The summed E-state index contributed by atoms with van der Waals surface area (Å²) in [5.74, 6) is 0. The average Bonchev–Trinajstić information content (AvgIpc) is 2.76. The van der Waals surface area contributed by atoms with E-state index in [-0.39, 0.29) is 6.09 Å². The van der Waals surface area contributed by atoms with Crippen molar-refractivity contribution in [3.8, 4) is 0 Å². The topological polar surface area (TPSA) is 41.6 Å². The molecule has 4 heteroatoms. The van der Waals surface area contributed by atoms with Crippen LogP contribution in [-0.4, -0.2) is 19.2 Å². The van der Waals surface area contributed by atoms with E-state index >= 15 is 0 Å². The monoisotopic (exact) mass is 218 g/mol. The first-order valence-corrected chi connectivity index (χ1v) is 5.61. The summed E-state index contributed by atoms with van der Waals surface area (Å²) in [5, 5.41) is 3.29. The van der Waals surface area contributed by atoms with E-state index in [1.807, 2.05) is 6.07 Å². The summed E-state index contributed by atoms with van der Waals surface area (Å²) in [6, 6.07) is 6.17. The van der Waals surface area contributed by atoms with Gasteiger partial charge in [-0.15, -0.1) is 0 Å². The van der Waals surface area contributed by atoms with Crippen LogP contribution < -0.4 is 10.2 Å². The van der Waals surface area contributed by atoms with Gasteiger partial charge in [0.05, 0.1) is 6.61 Å². The highest BCUT2D eigenvalue weighted by Crippen LogP contribution is 2.24. The van der Waals surface area contributed by atoms with Crippen LogP contribution in [0.5, 0.6) is 0 Å². The van der Waals surface area contributed by atoms with Gasteiger partial charge in [0.1, 0.15) is 0 Å². The second-order valence-electron chi connectivity index (χ2n) is 4.18. The molecule has 1 aromatic rings. The molecule has 1 amide bonds. The molecule has 2 heterocycles. The Morgan fingerprint density at radius 2 is 2.12 bits per heavy atom. The molecule has 0 atom stereocenters. The van der Waals surface area contributed by atoms with E-state index in [1.54, 1.807) is 4.90 Å². The molecular formula is C12H14N2O2. The van der Waals surface area contributed by atoms with E-state index in [1.165, 1.54) is 11.1 Å². The molecule has 2 aliphatic rings. The maximum Gasteiger partial charge on any atom is 0.414 e. The molecule has 4 nitrogen and oxygen atoms in total. The number of hydrogen-bond donors (Lipinski definition) is 1. The highest BCUT2D eigenvalue weighted by atomic mass is 16.6. The van der Waals surface area contributed by atoms with Crippen molar-refractivity contribution in [2.45, 2.75) is 19.5 Å². The summed E-state index contributed by atoms with van der Waals surface area (Å²) in [7, 11) is 0. The van der Waals surface area contributed by atoms with Crippen LogP contribution in [0.15, 0.2) is 18.2 Å². The van der Waals surface area contributed by atoms with Gasteiger partial charge in [0.25, 0.3) is 0 Å². The lowest BCUT2D eigenvalue weighted by Crippen LogP contribution is -2.37. The number of fused-ring (bicyclic) bond motifs is 1. The standard InChI is InChI=1S/C12H14N2O2/c15-12-14(4-1-5-16-12)11-3-2-9-7-13-8-10(9)6-11/h2-3,6,13H,1,4-5,7-8H2. The summed E-state index contributed by atoms with van der Waals surface area (Å²) < 4.78 is 5.04. The molecule has 1 saturated heterocycles. The van der Waals surface area contributed by atoms with Crippen LogP contribution in [0.25, 0.3) is 0 Å². The molecule has 0 unspecified atom stereocenters. The van der Waals surface area contributed by atoms with Crippen LogP contribution in [0.1, 0.15) is 17.5 Å². The zero-order valence-electron chi connectivity index (χ0n) is 9.03. The zero-order chi connectivity index (χ0) is 11.0. The number of carbonyl (C=O) groups excluding carboxylic acids is 1. The molecule has 1 aromatic carbocycles. The summed E-state index contributed by atoms with van der Waals surface area (Å²) in [6.45, 7) is 3.12. The van der Waals surface area contributed by atoms with E-state index in [0.717, 1.165) is 31.7 Å². The number of benzene rings is 1. The highest BCUT2D eigenvalue weighted by Gasteiger charge is 2.22. The average molecular weight is 218 g/mol. The van der Waals surface area contributed by atoms with E-state index in [9.17, 15) is 4.79 Å². The van der Waals surface area contributed by atoms with Gasteiger partial charge in [-0.25, -0.2) is 4.79 Å². The van der Waals surface area contributed by atoms with Gasteiger partial charge in [-0.1, -0.05) is 6.07 Å². The molecule has 0 bridgehead atoms. The van der Waals surface area contributed by atoms with Gasteiger partial charge >= 0.3 is 6.09 Å². The van der Waals surface area contributed by atoms with Gasteiger partial charge in [-0.3, -0.25) is 4.90 Å². The van der Waals surface area contributed by atoms with Crippen molar-refractivity contribution in [3.63, 3.8) is 0 Å². The number of nitrogens with one attached hydrogen (secondary N) is 1. The Labute approximate surface area is 94.2 Å². The Morgan fingerprint density at radius 1 is 1.25 bits per heavy atom. The molecule has 0 radical (unpaired) electrons. The second-order valence-corrected chi connectivity index (χ2v) is 4.18. The molecule has 1 N–H and O–H groups in total. The van der Waals surface area contributed by atoms with Crippen molar-refractivity contribution in [2.75, 3.05) is 18.1 Å².